The molecular formula is C20H27O3P. The Hall–Kier alpha value is -1.25. The lowest BCUT2D eigenvalue weighted by molar-refractivity contribution is 0.0958. The Balaban J connectivity index is 2.58. The van der Waals surface area contributed by atoms with Crippen LogP contribution in [0.5, 0.6) is 0 Å². The van der Waals surface area contributed by atoms with Gasteiger partial charge in [-0.3, -0.25) is 0 Å². The van der Waals surface area contributed by atoms with Gasteiger partial charge in [0.05, 0.1) is 6.10 Å². The van der Waals surface area contributed by atoms with Crippen LogP contribution in [-0.4, -0.2) is 15.9 Å². The second-order valence-electron chi connectivity index (χ2n) is 6.05. The fourth-order valence-corrected chi connectivity index (χ4v) is 4.05. The van der Waals surface area contributed by atoms with Gasteiger partial charge in [0.2, 0.25) is 0 Å². The minimum Gasteiger partial charge on any atom is -0.328 e. The van der Waals surface area contributed by atoms with Crippen molar-refractivity contribution in [3.8, 4) is 0 Å². The molecule has 2 N–H and O–H groups in total. The van der Waals surface area contributed by atoms with Gasteiger partial charge in [0, 0.05) is 5.41 Å². The van der Waals surface area contributed by atoms with Gasteiger partial charge in [-0.25, -0.2) is 0 Å². The quantitative estimate of drug-likeness (QED) is 0.616. The van der Waals surface area contributed by atoms with Gasteiger partial charge in [-0.15, -0.1) is 0 Å². The van der Waals surface area contributed by atoms with Gasteiger partial charge < -0.3 is 14.3 Å². The highest BCUT2D eigenvalue weighted by Gasteiger charge is 2.42. The number of unbranched alkanes of at least 4 members (excludes halogenated alkanes) is 1. The summed E-state index contributed by atoms with van der Waals surface area (Å²) in [6.07, 6.45) is 3.34. The highest BCUT2D eigenvalue weighted by Crippen LogP contribution is 2.46. The summed E-state index contributed by atoms with van der Waals surface area (Å²) in [5.41, 5.74) is 1.90. The molecule has 3 nitrogen and oxygen atoms in total. The van der Waals surface area contributed by atoms with E-state index in [1.54, 1.807) is 0 Å². The van der Waals surface area contributed by atoms with E-state index in [-0.39, 0.29) is 6.10 Å². The first-order valence-corrected chi connectivity index (χ1v) is 9.77. The van der Waals surface area contributed by atoms with E-state index in [0.717, 1.165) is 36.8 Å². The van der Waals surface area contributed by atoms with Gasteiger partial charge in [-0.2, -0.15) is 0 Å². The summed E-state index contributed by atoms with van der Waals surface area (Å²) >= 11 is 0. The van der Waals surface area contributed by atoms with Gasteiger partial charge in [0.25, 0.3) is 0 Å². The normalized spacial score (nSPS) is 13.2. The lowest BCUT2D eigenvalue weighted by atomic mass is 9.67. The van der Waals surface area contributed by atoms with Crippen LogP contribution >= 0.6 is 8.60 Å². The summed E-state index contributed by atoms with van der Waals surface area (Å²) in [5, 5.41) is 0. The molecule has 0 bridgehead atoms. The fraction of sp³-hybridized carbons (Fsp3) is 0.400. The average molecular weight is 346 g/mol. The maximum atomic E-state index is 9.57. The molecule has 0 aromatic heterocycles. The molecule has 2 rings (SSSR count). The molecule has 4 heteroatoms. The molecule has 0 aliphatic rings. The molecule has 0 heterocycles. The van der Waals surface area contributed by atoms with E-state index in [4.69, 9.17) is 4.52 Å². The summed E-state index contributed by atoms with van der Waals surface area (Å²) in [5.74, 6) is 0. The minimum atomic E-state index is -2.41. The maximum absolute atomic E-state index is 9.57. The summed E-state index contributed by atoms with van der Waals surface area (Å²) in [6.45, 7) is 4.27. The first-order valence-electron chi connectivity index (χ1n) is 8.60. The van der Waals surface area contributed by atoms with Crippen molar-refractivity contribution in [2.75, 3.05) is 0 Å². The van der Waals surface area contributed by atoms with Gasteiger partial charge >= 0.3 is 8.60 Å². The predicted molar refractivity (Wildman–Crippen MR) is 99.7 cm³/mol. The van der Waals surface area contributed by atoms with Crippen LogP contribution < -0.4 is 0 Å². The summed E-state index contributed by atoms with van der Waals surface area (Å²) < 4.78 is 5.69. The van der Waals surface area contributed by atoms with E-state index < -0.39 is 14.0 Å². The summed E-state index contributed by atoms with van der Waals surface area (Å²) in [7, 11) is -2.41. The molecular weight excluding hydrogens is 319 g/mol. The molecule has 0 fully saturated rings. The second kappa shape index (κ2) is 9.29. The summed E-state index contributed by atoms with van der Waals surface area (Å²) in [4.78, 5) is 19.1. The molecule has 0 spiro atoms. The van der Waals surface area contributed by atoms with E-state index in [9.17, 15) is 9.79 Å². The van der Waals surface area contributed by atoms with Crippen molar-refractivity contribution >= 4 is 8.60 Å². The molecule has 0 aliphatic carbocycles. The van der Waals surface area contributed by atoms with E-state index in [0.29, 0.717) is 0 Å². The van der Waals surface area contributed by atoms with E-state index >= 15 is 0 Å². The Bertz CT molecular complexity index is 547. The molecule has 2 aromatic carbocycles. The van der Waals surface area contributed by atoms with Crippen LogP contribution in [0.1, 0.15) is 50.7 Å². The molecule has 0 saturated carbocycles. The molecule has 24 heavy (non-hydrogen) atoms. The van der Waals surface area contributed by atoms with E-state index in [2.05, 4.69) is 38.1 Å². The van der Waals surface area contributed by atoms with Crippen molar-refractivity contribution in [3.05, 3.63) is 71.8 Å². The van der Waals surface area contributed by atoms with Crippen molar-refractivity contribution in [2.24, 2.45) is 0 Å². The first-order chi connectivity index (χ1) is 11.6. The number of rotatable bonds is 9. The molecule has 2 aromatic rings. The monoisotopic (exact) mass is 346 g/mol. The number of hydrogen-bond acceptors (Lipinski definition) is 3. The second-order valence-corrected chi connectivity index (χ2v) is 6.76. The summed E-state index contributed by atoms with van der Waals surface area (Å²) in [6, 6.07) is 20.5. The number of benzene rings is 2. The van der Waals surface area contributed by atoms with Crippen molar-refractivity contribution in [3.63, 3.8) is 0 Å². The van der Waals surface area contributed by atoms with Crippen LogP contribution in [0, 0.1) is 0 Å². The highest BCUT2D eigenvalue weighted by atomic mass is 31.2. The highest BCUT2D eigenvalue weighted by molar-refractivity contribution is 7.39. The van der Waals surface area contributed by atoms with Crippen LogP contribution in [0.25, 0.3) is 0 Å². The molecule has 0 amide bonds. The Labute approximate surface area is 146 Å². The third-order valence-corrected chi connectivity index (χ3v) is 5.17. The average Bonchev–Trinajstić information content (AvgIpc) is 2.62. The molecule has 1 unspecified atom stereocenters. The number of hydrogen-bond donors (Lipinski definition) is 2. The van der Waals surface area contributed by atoms with Crippen LogP contribution in [-0.2, 0) is 9.94 Å². The zero-order valence-corrected chi connectivity index (χ0v) is 15.3. The van der Waals surface area contributed by atoms with Gasteiger partial charge in [0.15, 0.2) is 0 Å². The lowest BCUT2D eigenvalue weighted by Crippen LogP contribution is -2.41. The van der Waals surface area contributed by atoms with E-state index in [1.807, 2.05) is 36.4 Å². The molecule has 1 atom stereocenters. The van der Waals surface area contributed by atoms with Crippen LogP contribution in [0.2, 0.25) is 0 Å². The van der Waals surface area contributed by atoms with Crippen molar-refractivity contribution < 1.29 is 14.3 Å². The Kier molecular flexibility index (Phi) is 7.39. The largest absolute Gasteiger partial charge is 0.328 e. The predicted octanol–water partition coefficient (Wildman–Crippen LogP) is 5.17. The smallest absolute Gasteiger partial charge is 0.327 e. The fourth-order valence-electron chi connectivity index (χ4n) is 3.54. The molecule has 0 radical (unpaired) electrons. The Morgan fingerprint density at radius 1 is 0.917 bits per heavy atom. The third-order valence-electron chi connectivity index (χ3n) is 4.73. The lowest BCUT2D eigenvalue weighted by Gasteiger charge is -2.41. The van der Waals surface area contributed by atoms with Crippen molar-refractivity contribution in [1.29, 1.82) is 0 Å². The van der Waals surface area contributed by atoms with Crippen molar-refractivity contribution in [1.82, 2.24) is 0 Å². The zero-order valence-electron chi connectivity index (χ0n) is 14.4. The van der Waals surface area contributed by atoms with E-state index in [1.165, 1.54) is 0 Å². The van der Waals surface area contributed by atoms with Crippen molar-refractivity contribution in [2.45, 2.75) is 51.0 Å². The van der Waals surface area contributed by atoms with Crippen LogP contribution in [0.3, 0.4) is 0 Å². The first kappa shape index (κ1) is 19.1. The molecule has 0 saturated heterocycles. The van der Waals surface area contributed by atoms with Crippen LogP contribution in [0.15, 0.2) is 60.7 Å². The Morgan fingerprint density at radius 3 is 1.79 bits per heavy atom. The maximum Gasteiger partial charge on any atom is 0.327 e. The van der Waals surface area contributed by atoms with Gasteiger partial charge in [-0.1, -0.05) is 87.4 Å². The Morgan fingerprint density at radius 2 is 1.42 bits per heavy atom. The SMILES string of the molecule is CCCCC(OP(O)O)C(CC)(c1ccccc1)c1ccccc1. The third kappa shape index (κ3) is 4.23. The van der Waals surface area contributed by atoms with Gasteiger partial charge in [-0.05, 0) is 24.0 Å². The topological polar surface area (TPSA) is 49.7 Å². The zero-order chi connectivity index (χ0) is 17.4. The standard InChI is InChI=1S/C20H27O3P/c1-3-5-16-19(23-24(21)22)20(4-2,17-12-8-6-9-13-17)18-14-10-7-11-15-18/h6-15,19,21-22H,3-5,16H2,1-2H3. The van der Waals surface area contributed by atoms with Crippen LogP contribution in [0.4, 0.5) is 0 Å². The molecule has 0 aliphatic heterocycles. The van der Waals surface area contributed by atoms with Gasteiger partial charge in [0.1, 0.15) is 0 Å². The minimum absolute atomic E-state index is 0.284. The molecule has 130 valence electrons.